The first kappa shape index (κ1) is 14.0. The van der Waals surface area contributed by atoms with Gasteiger partial charge in [-0.2, -0.15) is 0 Å². The summed E-state index contributed by atoms with van der Waals surface area (Å²) < 4.78 is 1.97. The zero-order valence-corrected chi connectivity index (χ0v) is 12.7. The molecule has 1 fully saturated rings. The normalized spacial score (nSPS) is 19.0. The Morgan fingerprint density at radius 1 is 1.24 bits per heavy atom. The van der Waals surface area contributed by atoms with Gasteiger partial charge in [0.1, 0.15) is 11.6 Å². The lowest BCUT2D eigenvalue weighted by molar-refractivity contribution is 0.368. The van der Waals surface area contributed by atoms with Crippen LogP contribution in [-0.4, -0.2) is 38.1 Å². The third-order valence-corrected chi connectivity index (χ3v) is 4.03. The largest absolute Gasteiger partial charge is 0.354 e. The molecule has 0 aliphatic carbocycles. The average Bonchev–Trinajstić information content (AvgIpc) is 3.09. The topological polar surface area (TPSA) is 59.7 Å². The van der Waals surface area contributed by atoms with E-state index >= 15 is 0 Å². The zero-order chi connectivity index (χ0) is 14.7. The number of piperidine rings is 1. The molecule has 1 atom stereocenters. The Morgan fingerprint density at radius 3 is 2.86 bits per heavy atom. The Morgan fingerprint density at radius 2 is 2.14 bits per heavy atom. The summed E-state index contributed by atoms with van der Waals surface area (Å²) in [6, 6.07) is 2.51. The van der Waals surface area contributed by atoms with Crippen LogP contribution in [0, 0.1) is 0 Å². The molecule has 0 bridgehead atoms. The lowest BCUT2D eigenvalue weighted by Gasteiger charge is -2.33. The highest BCUT2D eigenvalue weighted by Crippen LogP contribution is 2.25. The van der Waals surface area contributed by atoms with E-state index in [2.05, 4.69) is 40.1 Å². The fraction of sp³-hybridized carbons (Fsp3) is 0.600. The summed E-state index contributed by atoms with van der Waals surface area (Å²) in [5, 5.41) is 8.06. The zero-order valence-electron chi connectivity index (χ0n) is 12.7. The monoisotopic (exact) mass is 286 g/mol. The van der Waals surface area contributed by atoms with E-state index in [-0.39, 0.29) is 0 Å². The van der Waals surface area contributed by atoms with E-state index < -0.39 is 0 Å². The molecule has 2 aromatic rings. The van der Waals surface area contributed by atoms with E-state index in [1.54, 1.807) is 6.20 Å². The van der Waals surface area contributed by atoms with Crippen LogP contribution in [0.4, 0.5) is 5.82 Å². The second-order valence-corrected chi connectivity index (χ2v) is 5.47. The lowest BCUT2D eigenvalue weighted by Crippen LogP contribution is -2.37. The smallest absolute Gasteiger partial charge is 0.132 e. The predicted octanol–water partition coefficient (Wildman–Crippen LogP) is 2.03. The van der Waals surface area contributed by atoms with Crippen LogP contribution in [0.25, 0.3) is 0 Å². The number of hydrogen-bond acceptors (Lipinski definition) is 5. The van der Waals surface area contributed by atoms with E-state index in [1.165, 1.54) is 0 Å². The van der Waals surface area contributed by atoms with Gasteiger partial charge in [0.2, 0.25) is 0 Å². The van der Waals surface area contributed by atoms with E-state index in [4.69, 9.17) is 4.98 Å². The van der Waals surface area contributed by atoms with Gasteiger partial charge in [0, 0.05) is 37.5 Å². The molecule has 6 nitrogen and oxygen atoms in total. The second kappa shape index (κ2) is 6.20. The quantitative estimate of drug-likeness (QED) is 0.860. The van der Waals surface area contributed by atoms with Crippen molar-refractivity contribution in [3.05, 3.63) is 30.0 Å². The Hall–Kier alpha value is -1.98. The van der Waals surface area contributed by atoms with Gasteiger partial charge in [0.15, 0.2) is 0 Å². The summed E-state index contributed by atoms with van der Waals surface area (Å²) in [4.78, 5) is 11.6. The predicted molar refractivity (Wildman–Crippen MR) is 81.3 cm³/mol. The molecule has 3 rings (SSSR count). The van der Waals surface area contributed by atoms with Crippen molar-refractivity contribution in [2.24, 2.45) is 0 Å². The minimum absolute atomic E-state index is 0.381. The Labute approximate surface area is 125 Å². The molecule has 21 heavy (non-hydrogen) atoms. The number of rotatable bonds is 4. The highest BCUT2D eigenvalue weighted by molar-refractivity contribution is 5.40. The van der Waals surface area contributed by atoms with Crippen LogP contribution in [0.3, 0.4) is 0 Å². The summed E-state index contributed by atoms with van der Waals surface area (Å²) in [7, 11) is 0. The van der Waals surface area contributed by atoms with E-state index in [0.717, 1.165) is 56.1 Å². The minimum atomic E-state index is 0.381. The van der Waals surface area contributed by atoms with Crippen LogP contribution in [0.2, 0.25) is 0 Å². The molecule has 0 radical (unpaired) electrons. The van der Waals surface area contributed by atoms with Crippen molar-refractivity contribution < 1.29 is 0 Å². The highest BCUT2D eigenvalue weighted by Gasteiger charge is 2.23. The molecule has 0 unspecified atom stereocenters. The van der Waals surface area contributed by atoms with Gasteiger partial charge in [-0.25, -0.2) is 14.6 Å². The van der Waals surface area contributed by atoms with Crippen LogP contribution in [0.1, 0.15) is 44.2 Å². The molecule has 0 amide bonds. The summed E-state index contributed by atoms with van der Waals surface area (Å²) >= 11 is 0. The first-order valence-corrected chi connectivity index (χ1v) is 7.77. The number of aryl methyl sites for hydroxylation is 2. The highest BCUT2D eigenvalue weighted by atomic mass is 15.4. The van der Waals surface area contributed by atoms with Crippen molar-refractivity contribution in [3.63, 3.8) is 0 Å². The molecular weight excluding hydrogens is 264 g/mol. The Bertz CT molecular complexity index is 558. The van der Waals surface area contributed by atoms with Gasteiger partial charge in [0.25, 0.3) is 0 Å². The maximum absolute atomic E-state index is 4.71. The van der Waals surface area contributed by atoms with Gasteiger partial charge in [-0.15, -0.1) is 5.10 Å². The maximum atomic E-state index is 4.71. The molecule has 112 valence electrons. The molecule has 0 N–H and O–H groups in total. The van der Waals surface area contributed by atoms with Gasteiger partial charge in [-0.05, 0) is 19.3 Å². The van der Waals surface area contributed by atoms with Crippen molar-refractivity contribution in [2.45, 2.75) is 45.6 Å². The number of anilines is 1. The summed E-state index contributed by atoms with van der Waals surface area (Å²) in [5.41, 5.74) is 1.12. The van der Waals surface area contributed by atoms with Crippen molar-refractivity contribution in [1.29, 1.82) is 0 Å². The Balaban J connectivity index is 1.82. The SMILES string of the molecule is CCc1cc(N2CCC[C@H](n3ccnn3)C2)nc(CC)n1. The second-order valence-electron chi connectivity index (χ2n) is 5.47. The summed E-state index contributed by atoms with van der Waals surface area (Å²) in [6.07, 6.45) is 7.81. The van der Waals surface area contributed by atoms with Gasteiger partial charge in [0.05, 0.1) is 12.2 Å². The molecular formula is C15H22N6. The average molecular weight is 286 g/mol. The van der Waals surface area contributed by atoms with Gasteiger partial charge in [-0.1, -0.05) is 19.1 Å². The Kier molecular flexibility index (Phi) is 4.13. The number of aromatic nitrogens is 5. The lowest BCUT2D eigenvalue weighted by atomic mass is 10.1. The first-order chi connectivity index (χ1) is 10.3. The fourth-order valence-corrected chi connectivity index (χ4v) is 2.83. The van der Waals surface area contributed by atoms with E-state index in [0.29, 0.717) is 6.04 Å². The minimum Gasteiger partial charge on any atom is -0.354 e. The third kappa shape index (κ3) is 3.04. The van der Waals surface area contributed by atoms with E-state index in [9.17, 15) is 0 Å². The molecule has 1 aliphatic rings. The number of nitrogens with zero attached hydrogens (tertiary/aromatic N) is 6. The summed E-state index contributed by atoms with van der Waals surface area (Å²) in [5.74, 6) is 2.00. The molecule has 2 aromatic heterocycles. The van der Waals surface area contributed by atoms with Gasteiger partial charge in [-0.3, -0.25) is 0 Å². The molecule has 0 saturated carbocycles. The standard InChI is InChI=1S/C15H22N6/c1-3-12-10-15(18-14(4-2)17-12)20-8-5-6-13(11-20)21-9-7-16-19-21/h7,9-10,13H,3-6,8,11H2,1-2H3/t13-/m0/s1. The van der Waals surface area contributed by atoms with Crippen LogP contribution in [-0.2, 0) is 12.8 Å². The van der Waals surface area contributed by atoms with Crippen LogP contribution in [0.15, 0.2) is 18.5 Å². The van der Waals surface area contributed by atoms with Crippen molar-refractivity contribution in [2.75, 3.05) is 18.0 Å². The third-order valence-electron chi connectivity index (χ3n) is 4.03. The molecule has 3 heterocycles. The van der Waals surface area contributed by atoms with Crippen LogP contribution in [0.5, 0.6) is 0 Å². The van der Waals surface area contributed by atoms with Crippen molar-refractivity contribution >= 4 is 5.82 Å². The molecule has 0 aromatic carbocycles. The van der Waals surface area contributed by atoms with Gasteiger partial charge < -0.3 is 4.90 Å². The molecule has 6 heteroatoms. The van der Waals surface area contributed by atoms with E-state index in [1.807, 2.05) is 10.9 Å². The maximum Gasteiger partial charge on any atom is 0.132 e. The van der Waals surface area contributed by atoms with Crippen molar-refractivity contribution in [3.8, 4) is 0 Å². The fourth-order valence-electron chi connectivity index (χ4n) is 2.83. The molecule has 0 spiro atoms. The molecule has 1 saturated heterocycles. The van der Waals surface area contributed by atoms with Crippen LogP contribution < -0.4 is 4.90 Å². The first-order valence-electron chi connectivity index (χ1n) is 7.77. The molecule has 1 aliphatic heterocycles. The van der Waals surface area contributed by atoms with Gasteiger partial charge >= 0.3 is 0 Å². The van der Waals surface area contributed by atoms with Crippen LogP contribution >= 0.6 is 0 Å². The summed E-state index contributed by atoms with van der Waals surface area (Å²) in [6.45, 7) is 6.23. The number of hydrogen-bond donors (Lipinski definition) is 0. The van der Waals surface area contributed by atoms with Crippen molar-refractivity contribution in [1.82, 2.24) is 25.0 Å².